The van der Waals surface area contributed by atoms with Crippen LogP contribution in [-0.4, -0.2) is 33.0 Å². The number of aryl methyl sites for hydroxylation is 1. The Hall–Kier alpha value is -2.12. The number of hydrogen-bond donors (Lipinski definition) is 0. The third kappa shape index (κ3) is 3.73. The molecule has 1 atom stereocenters. The van der Waals surface area contributed by atoms with Gasteiger partial charge in [-0.1, -0.05) is 25.1 Å². The minimum Gasteiger partial charge on any atom is -0.454 e. The van der Waals surface area contributed by atoms with Gasteiger partial charge in [-0.2, -0.15) is 0 Å². The quantitative estimate of drug-likeness (QED) is 0.526. The molecule has 0 radical (unpaired) electrons. The van der Waals surface area contributed by atoms with Crippen LogP contribution in [0.25, 0.3) is 11.1 Å². The van der Waals surface area contributed by atoms with E-state index in [-0.39, 0.29) is 4.90 Å². The lowest BCUT2D eigenvalue weighted by Crippen LogP contribution is -2.10. The third-order valence-corrected chi connectivity index (χ3v) is 6.77. The summed E-state index contributed by atoms with van der Waals surface area (Å²) in [6.07, 6.45) is 2.96. The molecule has 1 unspecified atom stereocenters. The van der Waals surface area contributed by atoms with E-state index in [1.165, 1.54) is 18.2 Å². The van der Waals surface area contributed by atoms with Crippen molar-refractivity contribution >= 4 is 38.7 Å². The molecule has 148 valence electrons. The minimum atomic E-state index is -3.67. The molecule has 0 aromatic heterocycles. The first kappa shape index (κ1) is 20.6. The molecule has 0 spiro atoms. The molecule has 0 saturated carbocycles. The van der Waals surface area contributed by atoms with Crippen LogP contribution in [0.15, 0.2) is 46.2 Å². The van der Waals surface area contributed by atoms with Gasteiger partial charge in [0.15, 0.2) is 9.84 Å². The van der Waals surface area contributed by atoms with E-state index in [0.29, 0.717) is 28.7 Å². The van der Waals surface area contributed by atoms with Crippen LogP contribution in [0.3, 0.4) is 0 Å². The highest BCUT2D eigenvalue weighted by molar-refractivity contribution is 7.98. The molecular weight excluding hydrogens is 399 g/mol. The fraction of sp³-hybridized carbons (Fsp3) is 0.286. The lowest BCUT2D eigenvalue weighted by molar-refractivity contribution is -0.137. The van der Waals surface area contributed by atoms with Crippen LogP contribution in [0.5, 0.6) is 0 Å². The number of carbonyl (C=O) groups is 1. The fourth-order valence-corrected chi connectivity index (χ4v) is 4.73. The van der Waals surface area contributed by atoms with Crippen LogP contribution in [-0.2, 0) is 19.4 Å². The second-order valence-electron chi connectivity index (χ2n) is 6.69. The van der Waals surface area contributed by atoms with Crippen molar-refractivity contribution in [1.82, 2.24) is 0 Å². The smallest absolute Gasteiger partial charge is 0.339 e. The summed E-state index contributed by atoms with van der Waals surface area (Å²) in [4.78, 5) is 13.4. The summed E-state index contributed by atoms with van der Waals surface area (Å²) in [6.45, 7) is 3.85. The number of carbonyl (C=O) groups excluding carboxylic acids is 1. The van der Waals surface area contributed by atoms with E-state index < -0.39 is 27.7 Å². The average molecular weight is 421 g/mol. The summed E-state index contributed by atoms with van der Waals surface area (Å²) in [5.41, 5.74) is 3.17. The Bertz CT molecular complexity index is 1090. The highest BCUT2D eigenvalue weighted by atomic mass is 32.2. The van der Waals surface area contributed by atoms with Gasteiger partial charge < -0.3 is 4.74 Å². The number of cyclic esters (lactones) is 1. The zero-order valence-corrected chi connectivity index (χ0v) is 17.7. The molecule has 0 aliphatic carbocycles. The maximum atomic E-state index is 14.5. The Morgan fingerprint density at radius 3 is 2.36 bits per heavy atom. The van der Waals surface area contributed by atoms with Crippen molar-refractivity contribution in [3.8, 4) is 0 Å². The van der Waals surface area contributed by atoms with Crippen LogP contribution in [0.2, 0.25) is 0 Å². The van der Waals surface area contributed by atoms with Crippen LogP contribution in [0.1, 0.15) is 30.0 Å². The second-order valence-corrected chi connectivity index (χ2v) is 9.52. The summed E-state index contributed by atoms with van der Waals surface area (Å²) in [6, 6.07) is 9.65. The van der Waals surface area contributed by atoms with Crippen molar-refractivity contribution < 1.29 is 22.3 Å². The predicted molar refractivity (Wildman–Crippen MR) is 109 cm³/mol. The Morgan fingerprint density at radius 2 is 1.82 bits per heavy atom. The Balaban J connectivity index is 2.22. The molecule has 2 aromatic rings. The first-order chi connectivity index (χ1) is 13.2. The van der Waals surface area contributed by atoms with E-state index in [4.69, 9.17) is 4.74 Å². The van der Waals surface area contributed by atoms with Gasteiger partial charge in [0.2, 0.25) is 0 Å². The van der Waals surface area contributed by atoms with Gasteiger partial charge in [-0.3, -0.25) is 0 Å². The molecule has 3 rings (SSSR count). The summed E-state index contributed by atoms with van der Waals surface area (Å²) < 4.78 is 43.4. The van der Waals surface area contributed by atoms with Gasteiger partial charge in [-0.05, 0) is 54.5 Å². The molecule has 0 fully saturated rings. The first-order valence-corrected chi connectivity index (χ1v) is 11.9. The monoisotopic (exact) mass is 420 g/mol. The number of sulfone groups is 1. The molecule has 1 heterocycles. The predicted octanol–water partition coefficient (Wildman–Crippen LogP) is 4.51. The standard InChI is InChI=1S/C21H21FO4S2/c1-5-16-19(14-7-9-18(15(22)11-14)28(4,24)25)20(21(23)26-16)13-6-8-17(27-3)12(2)10-13/h6-11,16H,5H2,1-4H3. The topological polar surface area (TPSA) is 60.4 Å². The number of ether oxygens (including phenoxy) is 1. The lowest BCUT2D eigenvalue weighted by atomic mass is 9.91. The van der Waals surface area contributed by atoms with Crippen molar-refractivity contribution in [3.05, 3.63) is 58.9 Å². The van der Waals surface area contributed by atoms with Gasteiger partial charge in [0.25, 0.3) is 0 Å². The van der Waals surface area contributed by atoms with Crippen molar-refractivity contribution in [2.24, 2.45) is 0 Å². The summed E-state index contributed by atoms with van der Waals surface area (Å²) in [5.74, 6) is -1.29. The Morgan fingerprint density at radius 1 is 1.14 bits per heavy atom. The molecular formula is C21H21FO4S2. The molecule has 1 aliphatic heterocycles. The summed E-state index contributed by atoms with van der Waals surface area (Å²) in [5, 5.41) is 0. The average Bonchev–Trinajstić information content (AvgIpc) is 2.96. The van der Waals surface area contributed by atoms with E-state index in [9.17, 15) is 17.6 Å². The third-order valence-electron chi connectivity index (χ3n) is 4.74. The van der Waals surface area contributed by atoms with Crippen LogP contribution >= 0.6 is 11.8 Å². The highest BCUT2D eigenvalue weighted by Gasteiger charge is 2.35. The normalized spacial score (nSPS) is 17.2. The Kier molecular flexibility index (Phi) is 5.68. The van der Waals surface area contributed by atoms with E-state index >= 15 is 0 Å². The molecule has 1 aliphatic rings. The van der Waals surface area contributed by atoms with E-state index in [1.54, 1.807) is 11.8 Å². The van der Waals surface area contributed by atoms with Gasteiger partial charge in [-0.25, -0.2) is 17.6 Å². The minimum absolute atomic E-state index is 0.364. The van der Waals surface area contributed by atoms with Gasteiger partial charge in [0.05, 0.1) is 5.57 Å². The molecule has 4 nitrogen and oxygen atoms in total. The second kappa shape index (κ2) is 7.72. The maximum absolute atomic E-state index is 14.5. The Labute approximate surface area is 168 Å². The van der Waals surface area contributed by atoms with Crippen LogP contribution < -0.4 is 0 Å². The first-order valence-electron chi connectivity index (χ1n) is 8.77. The molecule has 0 amide bonds. The number of thioether (sulfide) groups is 1. The number of esters is 1. The molecule has 7 heteroatoms. The molecule has 0 N–H and O–H groups in total. The maximum Gasteiger partial charge on any atom is 0.339 e. The number of halogens is 1. The van der Waals surface area contributed by atoms with Crippen LogP contribution in [0.4, 0.5) is 4.39 Å². The van der Waals surface area contributed by atoms with Gasteiger partial charge in [-0.15, -0.1) is 11.8 Å². The molecule has 0 bridgehead atoms. The van der Waals surface area contributed by atoms with Crippen molar-refractivity contribution in [2.45, 2.75) is 36.2 Å². The van der Waals surface area contributed by atoms with Crippen LogP contribution in [0, 0.1) is 12.7 Å². The zero-order chi connectivity index (χ0) is 20.6. The molecule has 0 saturated heterocycles. The van der Waals surface area contributed by atoms with E-state index in [0.717, 1.165) is 16.7 Å². The molecule has 28 heavy (non-hydrogen) atoms. The summed E-state index contributed by atoms with van der Waals surface area (Å²) >= 11 is 1.62. The van der Waals surface area contributed by atoms with Gasteiger partial charge in [0, 0.05) is 16.7 Å². The van der Waals surface area contributed by atoms with E-state index in [1.807, 2.05) is 38.3 Å². The number of rotatable bonds is 5. The largest absolute Gasteiger partial charge is 0.454 e. The number of hydrogen-bond acceptors (Lipinski definition) is 5. The van der Waals surface area contributed by atoms with Crippen molar-refractivity contribution in [2.75, 3.05) is 12.5 Å². The van der Waals surface area contributed by atoms with E-state index in [2.05, 4.69) is 0 Å². The zero-order valence-electron chi connectivity index (χ0n) is 16.1. The van der Waals surface area contributed by atoms with Gasteiger partial charge >= 0.3 is 5.97 Å². The molecule has 2 aromatic carbocycles. The fourth-order valence-electron chi connectivity index (χ4n) is 3.41. The van der Waals surface area contributed by atoms with Gasteiger partial charge in [0.1, 0.15) is 16.8 Å². The summed E-state index contributed by atoms with van der Waals surface area (Å²) in [7, 11) is -3.67. The van der Waals surface area contributed by atoms with Crippen molar-refractivity contribution in [1.29, 1.82) is 0 Å². The van der Waals surface area contributed by atoms with Crippen molar-refractivity contribution in [3.63, 3.8) is 0 Å². The highest BCUT2D eigenvalue weighted by Crippen LogP contribution is 2.40. The number of benzene rings is 2. The SMILES string of the molecule is CCC1OC(=O)C(c2ccc(SC)c(C)c2)=C1c1ccc(S(C)(=O)=O)c(F)c1. The lowest BCUT2D eigenvalue weighted by Gasteiger charge is -2.14.